The van der Waals surface area contributed by atoms with E-state index in [-0.39, 0.29) is 0 Å². The molecule has 0 saturated carbocycles. The highest BCUT2D eigenvalue weighted by Crippen LogP contribution is 2.33. The molecule has 0 fully saturated rings. The van der Waals surface area contributed by atoms with E-state index in [1.807, 2.05) is 25.1 Å². The van der Waals surface area contributed by atoms with Crippen molar-refractivity contribution in [3.63, 3.8) is 0 Å². The molecule has 2 N–H and O–H groups in total. The summed E-state index contributed by atoms with van der Waals surface area (Å²) in [4.78, 5) is 1.91. The van der Waals surface area contributed by atoms with Crippen molar-refractivity contribution in [2.75, 3.05) is 31.8 Å². The van der Waals surface area contributed by atoms with Gasteiger partial charge in [0.05, 0.1) is 23.5 Å². The van der Waals surface area contributed by atoms with Crippen LogP contribution in [0.4, 0.5) is 11.4 Å². The summed E-state index contributed by atoms with van der Waals surface area (Å²) in [6, 6.07) is 3.51. The minimum Gasteiger partial charge on any atom is -0.495 e. The maximum atomic E-state index is 5.98. The van der Waals surface area contributed by atoms with E-state index >= 15 is 0 Å². The first-order chi connectivity index (χ1) is 6.06. The minimum absolute atomic E-state index is 0.554. The molecule has 0 amide bonds. The van der Waals surface area contributed by atoms with Crippen LogP contribution in [0.15, 0.2) is 12.1 Å². The summed E-state index contributed by atoms with van der Waals surface area (Å²) < 4.78 is 5.08. The number of rotatable bonds is 2. The molecule has 1 rings (SSSR count). The molecule has 0 aliphatic heterocycles. The van der Waals surface area contributed by atoms with E-state index in [0.29, 0.717) is 16.5 Å². The Morgan fingerprint density at radius 1 is 1.38 bits per heavy atom. The van der Waals surface area contributed by atoms with Crippen LogP contribution in [0.1, 0.15) is 0 Å². The molecule has 1 aromatic rings. The number of nitrogen functional groups attached to an aromatic ring is 1. The number of hydrogen-bond acceptors (Lipinski definition) is 3. The van der Waals surface area contributed by atoms with Gasteiger partial charge in [0.15, 0.2) is 0 Å². The van der Waals surface area contributed by atoms with E-state index in [0.717, 1.165) is 5.69 Å². The summed E-state index contributed by atoms with van der Waals surface area (Å²) in [7, 11) is 5.41. The van der Waals surface area contributed by atoms with E-state index in [1.165, 1.54) is 0 Å². The predicted molar refractivity (Wildman–Crippen MR) is 56.7 cm³/mol. The molecule has 0 aliphatic carbocycles. The number of anilines is 2. The van der Waals surface area contributed by atoms with Crippen LogP contribution in [0, 0.1) is 0 Å². The Balaban J connectivity index is 3.22. The maximum absolute atomic E-state index is 5.98. The molecule has 72 valence electrons. The molecule has 4 heteroatoms. The number of methoxy groups -OCH3 is 1. The van der Waals surface area contributed by atoms with Crippen molar-refractivity contribution < 1.29 is 4.74 Å². The standard InChI is InChI=1S/C9H13ClN2O/c1-12(2)8-5-9(13-3)7(11)4-6(8)10/h4-5H,11H2,1-3H3. The molecular formula is C9H13ClN2O. The van der Waals surface area contributed by atoms with Crippen LogP contribution in [0.25, 0.3) is 0 Å². The third-order valence-electron chi connectivity index (χ3n) is 1.78. The first kappa shape index (κ1) is 9.99. The third-order valence-corrected chi connectivity index (χ3v) is 2.08. The van der Waals surface area contributed by atoms with Crippen molar-refractivity contribution in [2.24, 2.45) is 0 Å². The van der Waals surface area contributed by atoms with E-state index < -0.39 is 0 Å². The molecule has 0 aromatic heterocycles. The van der Waals surface area contributed by atoms with E-state index in [9.17, 15) is 0 Å². The Labute approximate surface area is 83.0 Å². The molecule has 0 saturated heterocycles. The van der Waals surface area contributed by atoms with Gasteiger partial charge in [0.1, 0.15) is 5.75 Å². The van der Waals surface area contributed by atoms with E-state index in [2.05, 4.69) is 0 Å². The molecule has 0 spiro atoms. The van der Waals surface area contributed by atoms with Crippen LogP contribution < -0.4 is 15.4 Å². The summed E-state index contributed by atoms with van der Waals surface area (Å²) in [5, 5.41) is 0.628. The van der Waals surface area contributed by atoms with Crippen LogP contribution in [-0.2, 0) is 0 Å². The molecule has 0 radical (unpaired) electrons. The van der Waals surface area contributed by atoms with Crippen molar-refractivity contribution in [1.29, 1.82) is 0 Å². The number of halogens is 1. The highest BCUT2D eigenvalue weighted by Gasteiger charge is 2.07. The lowest BCUT2D eigenvalue weighted by Crippen LogP contribution is -2.09. The van der Waals surface area contributed by atoms with Crippen molar-refractivity contribution in [3.8, 4) is 5.75 Å². The van der Waals surface area contributed by atoms with Gasteiger partial charge in [-0.25, -0.2) is 0 Å². The number of hydrogen-bond donors (Lipinski definition) is 1. The second-order valence-corrected chi connectivity index (χ2v) is 3.35. The zero-order valence-electron chi connectivity index (χ0n) is 7.97. The topological polar surface area (TPSA) is 38.5 Å². The minimum atomic E-state index is 0.554. The Bertz CT molecular complexity index is 313. The van der Waals surface area contributed by atoms with Crippen LogP contribution in [0.3, 0.4) is 0 Å². The van der Waals surface area contributed by atoms with Crippen LogP contribution in [0.5, 0.6) is 5.75 Å². The summed E-state index contributed by atoms with van der Waals surface area (Å²) in [5.74, 6) is 0.646. The average Bonchev–Trinajstić information content (AvgIpc) is 2.03. The summed E-state index contributed by atoms with van der Waals surface area (Å²) in [6.07, 6.45) is 0. The fraction of sp³-hybridized carbons (Fsp3) is 0.333. The normalized spacial score (nSPS) is 9.85. The smallest absolute Gasteiger partial charge is 0.143 e. The molecule has 0 unspecified atom stereocenters. The fourth-order valence-corrected chi connectivity index (χ4v) is 1.42. The van der Waals surface area contributed by atoms with Crippen LogP contribution in [-0.4, -0.2) is 21.2 Å². The van der Waals surface area contributed by atoms with Gasteiger partial charge in [0, 0.05) is 20.2 Å². The van der Waals surface area contributed by atoms with Crippen molar-refractivity contribution in [1.82, 2.24) is 0 Å². The molecular weight excluding hydrogens is 188 g/mol. The predicted octanol–water partition coefficient (Wildman–Crippen LogP) is 2.00. The van der Waals surface area contributed by atoms with Gasteiger partial charge in [-0.3, -0.25) is 0 Å². The SMILES string of the molecule is COc1cc(N(C)C)c(Cl)cc1N. The first-order valence-corrected chi connectivity index (χ1v) is 4.24. The summed E-state index contributed by atoms with van der Waals surface area (Å²) in [6.45, 7) is 0. The zero-order chi connectivity index (χ0) is 10.0. The zero-order valence-corrected chi connectivity index (χ0v) is 8.72. The van der Waals surface area contributed by atoms with Gasteiger partial charge in [-0.05, 0) is 6.07 Å². The van der Waals surface area contributed by atoms with E-state index in [1.54, 1.807) is 13.2 Å². The van der Waals surface area contributed by atoms with Crippen LogP contribution in [0.2, 0.25) is 5.02 Å². The van der Waals surface area contributed by atoms with Gasteiger partial charge in [-0.1, -0.05) is 11.6 Å². The number of benzene rings is 1. The highest BCUT2D eigenvalue weighted by atomic mass is 35.5. The Morgan fingerprint density at radius 2 is 2.00 bits per heavy atom. The molecule has 1 aromatic carbocycles. The average molecular weight is 201 g/mol. The lowest BCUT2D eigenvalue weighted by Gasteiger charge is -2.16. The Morgan fingerprint density at radius 3 is 2.46 bits per heavy atom. The van der Waals surface area contributed by atoms with Crippen molar-refractivity contribution >= 4 is 23.0 Å². The quantitative estimate of drug-likeness (QED) is 0.743. The van der Waals surface area contributed by atoms with Crippen molar-refractivity contribution in [2.45, 2.75) is 0 Å². The Kier molecular flexibility index (Phi) is 2.88. The van der Waals surface area contributed by atoms with Crippen molar-refractivity contribution in [3.05, 3.63) is 17.2 Å². The lowest BCUT2D eigenvalue weighted by atomic mass is 10.2. The number of nitrogens with two attached hydrogens (primary N) is 1. The van der Waals surface area contributed by atoms with Gasteiger partial charge in [-0.15, -0.1) is 0 Å². The summed E-state index contributed by atoms with van der Waals surface area (Å²) in [5.41, 5.74) is 7.12. The highest BCUT2D eigenvalue weighted by molar-refractivity contribution is 6.33. The molecule has 0 aliphatic rings. The van der Waals surface area contributed by atoms with E-state index in [4.69, 9.17) is 22.1 Å². The molecule has 13 heavy (non-hydrogen) atoms. The lowest BCUT2D eigenvalue weighted by molar-refractivity contribution is 0.417. The van der Waals surface area contributed by atoms with Gasteiger partial charge >= 0.3 is 0 Å². The molecule has 3 nitrogen and oxygen atoms in total. The monoisotopic (exact) mass is 200 g/mol. The van der Waals surface area contributed by atoms with Crippen LogP contribution >= 0.6 is 11.6 Å². The Hall–Kier alpha value is -1.09. The molecule has 0 bridgehead atoms. The first-order valence-electron chi connectivity index (χ1n) is 3.86. The van der Waals surface area contributed by atoms with Gasteiger partial charge < -0.3 is 15.4 Å². The maximum Gasteiger partial charge on any atom is 0.143 e. The number of ether oxygens (including phenoxy) is 1. The second kappa shape index (κ2) is 3.75. The molecule has 0 heterocycles. The number of nitrogens with zero attached hydrogens (tertiary/aromatic N) is 1. The largest absolute Gasteiger partial charge is 0.495 e. The fourth-order valence-electron chi connectivity index (χ4n) is 1.08. The van der Waals surface area contributed by atoms with Gasteiger partial charge in [-0.2, -0.15) is 0 Å². The second-order valence-electron chi connectivity index (χ2n) is 2.94. The third kappa shape index (κ3) is 1.98. The van der Waals surface area contributed by atoms with Gasteiger partial charge in [0.2, 0.25) is 0 Å². The van der Waals surface area contributed by atoms with Gasteiger partial charge in [0.25, 0.3) is 0 Å². The summed E-state index contributed by atoms with van der Waals surface area (Å²) >= 11 is 5.98. The molecule has 0 atom stereocenters.